The number of rotatable bonds is 7. The Morgan fingerprint density at radius 3 is 2.60 bits per heavy atom. The van der Waals surface area contributed by atoms with Gasteiger partial charge in [0.15, 0.2) is 5.78 Å². The third-order valence-electron chi connectivity index (χ3n) is 1.92. The Bertz CT molecular complexity index is 236. The molecule has 0 aliphatic heterocycles. The van der Waals surface area contributed by atoms with Gasteiger partial charge in [-0.2, -0.15) is 11.8 Å². The van der Waals surface area contributed by atoms with Gasteiger partial charge in [0.25, 0.3) is 0 Å². The first kappa shape index (κ1) is 14.2. The van der Waals surface area contributed by atoms with E-state index in [-0.39, 0.29) is 23.4 Å². The third-order valence-corrected chi connectivity index (χ3v) is 2.89. The minimum Gasteiger partial charge on any atom is -0.469 e. The summed E-state index contributed by atoms with van der Waals surface area (Å²) in [6, 6.07) is 0. The minimum absolute atomic E-state index is 0.0126. The number of ether oxygens (including phenoxy) is 1. The molecule has 0 fully saturated rings. The first-order valence-corrected chi connectivity index (χ1v) is 6.24. The fourth-order valence-corrected chi connectivity index (χ4v) is 1.62. The predicted molar refractivity (Wildman–Crippen MR) is 63.0 cm³/mol. The molecule has 0 N–H and O–H groups in total. The third kappa shape index (κ3) is 6.33. The van der Waals surface area contributed by atoms with Crippen LogP contribution in [-0.4, -0.2) is 30.4 Å². The molecule has 4 heteroatoms. The van der Waals surface area contributed by atoms with Gasteiger partial charge >= 0.3 is 5.97 Å². The lowest BCUT2D eigenvalue weighted by Gasteiger charge is -2.08. The maximum atomic E-state index is 11.6. The van der Waals surface area contributed by atoms with Crippen LogP contribution in [-0.2, 0) is 14.3 Å². The minimum atomic E-state index is -0.341. The van der Waals surface area contributed by atoms with Crippen molar-refractivity contribution in [2.75, 3.05) is 13.4 Å². The van der Waals surface area contributed by atoms with Gasteiger partial charge < -0.3 is 4.74 Å². The lowest BCUT2D eigenvalue weighted by molar-refractivity contribution is -0.141. The Labute approximate surface area is 95.3 Å². The average molecular weight is 230 g/mol. The predicted octanol–water partition coefficient (Wildman–Crippen LogP) is 2.21. The van der Waals surface area contributed by atoms with Crippen molar-refractivity contribution in [2.24, 2.45) is 0 Å². The molecule has 0 aromatic heterocycles. The molecule has 0 amide bonds. The van der Waals surface area contributed by atoms with Gasteiger partial charge in [-0.25, -0.2) is 0 Å². The van der Waals surface area contributed by atoms with Gasteiger partial charge in [-0.05, 0) is 18.8 Å². The highest BCUT2D eigenvalue weighted by atomic mass is 32.2. The molecule has 0 aromatic rings. The molecule has 0 aliphatic carbocycles. The van der Waals surface area contributed by atoms with E-state index in [2.05, 4.69) is 11.7 Å². The SMILES string of the molecule is CCCC=CC(=O)C(CC(=O)OC)SC. The number of ketones is 1. The average Bonchev–Trinajstić information content (AvgIpc) is 2.25. The Hall–Kier alpha value is -0.770. The monoisotopic (exact) mass is 230 g/mol. The summed E-state index contributed by atoms with van der Waals surface area (Å²) in [7, 11) is 1.33. The van der Waals surface area contributed by atoms with Crippen LogP contribution < -0.4 is 0 Å². The van der Waals surface area contributed by atoms with Crippen molar-refractivity contribution in [2.45, 2.75) is 31.4 Å². The molecular formula is C11H18O3S. The first-order chi connectivity index (χ1) is 7.15. The van der Waals surface area contributed by atoms with Crippen molar-refractivity contribution in [3.63, 3.8) is 0 Å². The van der Waals surface area contributed by atoms with Crippen LogP contribution in [0.25, 0.3) is 0 Å². The number of carbonyl (C=O) groups is 2. The van der Waals surface area contributed by atoms with E-state index >= 15 is 0 Å². The van der Waals surface area contributed by atoms with E-state index in [1.807, 2.05) is 12.3 Å². The van der Waals surface area contributed by atoms with Crippen molar-refractivity contribution >= 4 is 23.5 Å². The van der Waals surface area contributed by atoms with Crippen molar-refractivity contribution in [1.82, 2.24) is 0 Å². The van der Waals surface area contributed by atoms with E-state index in [4.69, 9.17) is 0 Å². The second kappa shape index (κ2) is 8.53. The summed E-state index contributed by atoms with van der Waals surface area (Å²) in [6.07, 6.45) is 7.29. The number of methoxy groups -OCH3 is 1. The maximum Gasteiger partial charge on any atom is 0.307 e. The molecule has 0 rings (SSSR count). The van der Waals surface area contributed by atoms with Gasteiger partial charge in [-0.15, -0.1) is 0 Å². The molecule has 0 heterocycles. The molecule has 0 saturated heterocycles. The fraction of sp³-hybridized carbons (Fsp3) is 0.636. The summed E-state index contributed by atoms with van der Waals surface area (Å²) >= 11 is 1.38. The number of carbonyl (C=O) groups excluding carboxylic acids is 2. The van der Waals surface area contributed by atoms with E-state index in [0.717, 1.165) is 12.8 Å². The van der Waals surface area contributed by atoms with E-state index in [9.17, 15) is 9.59 Å². The second-order valence-electron chi connectivity index (χ2n) is 3.10. The molecule has 0 saturated carbocycles. The smallest absolute Gasteiger partial charge is 0.307 e. The van der Waals surface area contributed by atoms with Crippen LogP contribution in [0.15, 0.2) is 12.2 Å². The second-order valence-corrected chi connectivity index (χ2v) is 4.14. The molecule has 15 heavy (non-hydrogen) atoms. The summed E-state index contributed by atoms with van der Waals surface area (Å²) in [5.74, 6) is -0.354. The van der Waals surface area contributed by atoms with E-state index in [1.54, 1.807) is 6.08 Å². The quantitative estimate of drug-likeness (QED) is 0.497. The number of hydrogen-bond donors (Lipinski definition) is 0. The van der Waals surface area contributed by atoms with Crippen LogP contribution in [0.4, 0.5) is 0 Å². The molecule has 3 nitrogen and oxygen atoms in total. The lowest BCUT2D eigenvalue weighted by atomic mass is 10.2. The van der Waals surface area contributed by atoms with Gasteiger partial charge in [0.1, 0.15) is 0 Å². The van der Waals surface area contributed by atoms with Gasteiger partial charge in [0.2, 0.25) is 0 Å². The van der Waals surface area contributed by atoms with Crippen molar-refractivity contribution < 1.29 is 14.3 Å². The van der Waals surface area contributed by atoms with Crippen molar-refractivity contribution in [1.29, 1.82) is 0 Å². The number of allylic oxidation sites excluding steroid dienone is 2. The zero-order chi connectivity index (χ0) is 11.7. The highest BCUT2D eigenvalue weighted by molar-refractivity contribution is 8.00. The summed E-state index contributed by atoms with van der Waals surface area (Å²) in [5.41, 5.74) is 0. The van der Waals surface area contributed by atoms with Crippen LogP contribution in [0.1, 0.15) is 26.2 Å². The molecule has 86 valence electrons. The Kier molecular flexibility index (Phi) is 8.09. The van der Waals surface area contributed by atoms with Crippen LogP contribution >= 0.6 is 11.8 Å². The Morgan fingerprint density at radius 2 is 2.13 bits per heavy atom. The van der Waals surface area contributed by atoms with Gasteiger partial charge in [0.05, 0.1) is 18.8 Å². The molecule has 1 atom stereocenters. The Balaban J connectivity index is 4.15. The molecule has 0 radical (unpaired) electrons. The normalized spacial score (nSPS) is 12.7. The molecular weight excluding hydrogens is 212 g/mol. The van der Waals surface area contributed by atoms with Gasteiger partial charge in [-0.1, -0.05) is 19.4 Å². The number of esters is 1. The molecule has 0 spiro atoms. The van der Waals surface area contributed by atoms with Crippen LogP contribution in [0.5, 0.6) is 0 Å². The molecule has 0 aromatic carbocycles. The summed E-state index contributed by atoms with van der Waals surface area (Å²) in [6.45, 7) is 2.05. The van der Waals surface area contributed by atoms with E-state index in [1.165, 1.54) is 18.9 Å². The zero-order valence-corrected chi connectivity index (χ0v) is 10.3. The standard InChI is InChI=1S/C11H18O3S/c1-4-5-6-7-9(12)10(15-3)8-11(13)14-2/h6-7,10H,4-5,8H2,1-3H3. The van der Waals surface area contributed by atoms with Gasteiger partial charge in [-0.3, -0.25) is 9.59 Å². The highest BCUT2D eigenvalue weighted by Gasteiger charge is 2.18. The number of thioether (sulfide) groups is 1. The van der Waals surface area contributed by atoms with E-state index < -0.39 is 0 Å². The molecule has 0 aliphatic rings. The van der Waals surface area contributed by atoms with E-state index in [0.29, 0.717) is 0 Å². The number of hydrogen-bond acceptors (Lipinski definition) is 4. The first-order valence-electron chi connectivity index (χ1n) is 4.95. The maximum absolute atomic E-state index is 11.6. The van der Waals surface area contributed by atoms with Crippen LogP contribution in [0.2, 0.25) is 0 Å². The molecule has 1 unspecified atom stereocenters. The zero-order valence-electron chi connectivity index (χ0n) is 9.49. The van der Waals surface area contributed by atoms with Crippen molar-refractivity contribution in [3.05, 3.63) is 12.2 Å². The summed E-state index contributed by atoms with van der Waals surface area (Å²) in [5, 5.41) is -0.314. The largest absolute Gasteiger partial charge is 0.469 e. The van der Waals surface area contributed by atoms with Crippen LogP contribution in [0.3, 0.4) is 0 Å². The molecule has 0 bridgehead atoms. The Morgan fingerprint density at radius 1 is 1.47 bits per heavy atom. The lowest BCUT2D eigenvalue weighted by Crippen LogP contribution is -2.19. The van der Waals surface area contributed by atoms with Crippen molar-refractivity contribution in [3.8, 4) is 0 Å². The number of unbranched alkanes of at least 4 members (excludes halogenated alkanes) is 1. The van der Waals surface area contributed by atoms with Crippen LogP contribution in [0, 0.1) is 0 Å². The fourth-order valence-electron chi connectivity index (χ4n) is 1.01. The summed E-state index contributed by atoms with van der Waals surface area (Å²) in [4.78, 5) is 22.6. The summed E-state index contributed by atoms with van der Waals surface area (Å²) < 4.78 is 4.53. The highest BCUT2D eigenvalue weighted by Crippen LogP contribution is 2.13. The van der Waals surface area contributed by atoms with Gasteiger partial charge in [0, 0.05) is 0 Å². The topological polar surface area (TPSA) is 43.4 Å².